The molecule has 3 rings (SSSR count). The van der Waals surface area contributed by atoms with Crippen LogP contribution in [-0.2, 0) is 4.74 Å². The number of Topliss-reactive ketones (excluding diaryl/α,β-unsaturated/α-hetero) is 2. The minimum atomic E-state index is -1.07. The van der Waals surface area contributed by atoms with Gasteiger partial charge in [-0.1, -0.05) is 0 Å². The fourth-order valence-corrected chi connectivity index (χ4v) is 4.55. The van der Waals surface area contributed by atoms with Gasteiger partial charge in [-0.2, -0.15) is 0 Å². The summed E-state index contributed by atoms with van der Waals surface area (Å²) >= 11 is 1.05. The van der Waals surface area contributed by atoms with Gasteiger partial charge in [-0.25, -0.2) is 9.78 Å². The smallest absolute Gasteiger partial charge is 0.349 e. The first-order valence-electron chi connectivity index (χ1n) is 8.98. The van der Waals surface area contributed by atoms with E-state index in [9.17, 15) is 19.2 Å². The van der Waals surface area contributed by atoms with Crippen molar-refractivity contribution in [3.63, 3.8) is 0 Å². The third kappa shape index (κ3) is 3.53. The molecule has 9 heteroatoms. The molecule has 0 aromatic carbocycles. The van der Waals surface area contributed by atoms with Crippen LogP contribution in [0.5, 0.6) is 0 Å². The molecule has 8 nitrogen and oxygen atoms in total. The zero-order valence-electron chi connectivity index (χ0n) is 17.0. The van der Waals surface area contributed by atoms with Crippen molar-refractivity contribution in [2.24, 2.45) is 0 Å². The summed E-state index contributed by atoms with van der Waals surface area (Å²) in [7, 11) is 0. The molecule has 0 amide bonds. The molecule has 0 spiro atoms. The lowest BCUT2D eigenvalue weighted by Gasteiger charge is -2.12. The number of thiophene rings is 1. The topological polar surface area (TPSA) is 122 Å². The first kappa shape index (κ1) is 20.7. The number of hydrogen-bond acceptors (Lipinski definition) is 7. The summed E-state index contributed by atoms with van der Waals surface area (Å²) in [6.45, 7) is 9.60. The maximum Gasteiger partial charge on any atom is 0.349 e. The van der Waals surface area contributed by atoms with Crippen LogP contribution in [0.2, 0.25) is 0 Å². The Morgan fingerprint density at radius 1 is 1.07 bits per heavy atom. The third-order valence-electron chi connectivity index (χ3n) is 4.79. The van der Waals surface area contributed by atoms with Gasteiger partial charge >= 0.3 is 5.97 Å². The molecule has 0 saturated carbocycles. The third-order valence-corrected chi connectivity index (χ3v) is 5.96. The van der Waals surface area contributed by atoms with Crippen molar-refractivity contribution in [2.75, 3.05) is 0 Å². The highest BCUT2D eigenvalue weighted by Crippen LogP contribution is 2.28. The van der Waals surface area contributed by atoms with Gasteiger partial charge in [0.1, 0.15) is 15.5 Å². The second kappa shape index (κ2) is 7.40. The van der Waals surface area contributed by atoms with E-state index in [1.165, 1.54) is 13.8 Å². The summed E-state index contributed by atoms with van der Waals surface area (Å²) in [5, 5.41) is 0.341. The molecule has 2 N–H and O–H groups in total. The molecule has 0 fully saturated rings. The first-order valence-corrected chi connectivity index (χ1v) is 9.79. The molecule has 0 aliphatic heterocycles. The van der Waals surface area contributed by atoms with E-state index in [2.05, 4.69) is 15.0 Å². The average molecular weight is 415 g/mol. The molecule has 29 heavy (non-hydrogen) atoms. The highest BCUT2D eigenvalue weighted by Gasteiger charge is 2.28. The largest absolute Gasteiger partial charge is 0.450 e. The Bertz CT molecular complexity index is 1230. The number of carbonyl (C=O) groups is 3. The number of aryl methyl sites for hydroxylation is 3. The molecule has 0 saturated heterocycles. The summed E-state index contributed by atoms with van der Waals surface area (Å²) in [6.07, 6.45) is -1.07. The lowest BCUT2D eigenvalue weighted by atomic mass is 10.0. The average Bonchev–Trinajstić information content (AvgIpc) is 3.10. The van der Waals surface area contributed by atoms with Crippen LogP contribution in [0.1, 0.15) is 67.0 Å². The van der Waals surface area contributed by atoms with E-state index in [0.29, 0.717) is 38.4 Å². The van der Waals surface area contributed by atoms with Crippen LogP contribution in [0, 0.1) is 27.7 Å². The quantitative estimate of drug-likeness (QED) is 0.487. The van der Waals surface area contributed by atoms with E-state index in [-0.39, 0.29) is 21.9 Å². The summed E-state index contributed by atoms with van der Waals surface area (Å²) < 4.78 is 5.37. The summed E-state index contributed by atoms with van der Waals surface area (Å²) in [5.41, 5.74) is 1.99. The molecular weight excluding hydrogens is 394 g/mol. The Morgan fingerprint density at radius 2 is 1.72 bits per heavy atom. The Labute approximate surface area is 170 Å². The maximum absolute atomic E-state index is 12.8. The number of ketones is 2. The van der Waals surface area contributed by atoms with Gasteiger partial charge in [0, 0.05) is 11.3 Å². The number of aromatic nitrogens is 3. The lowest BCUT2D eigenvalue weighted by Crippen LogP contribution is -2.25. The van der Waals surface area contributed by atoms with Gasteiger partial charge < -0.3 is 14.7 Å². The van der Waals surface area contributed by atoms with Gasteiger partial charge in [0.25, 0.3) is 5.56 Å². The molecule has 0 unspecified atom stereocenters. The second-order valence-corrected chi connectivity index (χ2v) is 7.98. The normalized spacial score (nSPS) is 12.2. The van der Waals surface area contributed by atoms with E-state index in [1.54, 1.807) is 27.7 Å². The SMILES string of the molecule is CC(=O)c1c(C)[nH]c(C(=O)[C@@H](C)OC(=O)c2sc3nc(C)[nH]c(=O)c3c2C)c1C. The fraction of sp³-hybridized carbons (Fsp3) is 0.350. The maximum atomic E-state index is 12.8. The summed E-state index contributed by atoms with van der Waals surface area (Å²) in [4.78, 5) is 59.9. The number of H-pyrrole nitrogens is 2. The van der Waals surface area contributed by atoms with Crippen LogP contribution in [0.25, 0.3) is 10.2 Å². The van der Waals surface area contributed by atoms with E-state index in [1.807, 2.05) is 0 Å². The zero-order valence-corrected chi connectivity index (χ0v) is 17.8. The molecule has 1 atom stereocenters. The Balaban J connectivity index is 1.89. The van der Waals surface area contributed by atoms with Crippen molar-refractivity contribution in [2.45, 2.75) is 47.6 Å². The molecule has 3 heterocycles. The van der Waals surface area contributed by atoms with Crippen molar-refractivity contribution in [3.8, 4) is 0 Å². The highest BCUT2D eigenvalue weighted by atomic mass is 32.1. The predicted octanol–water partition coefficient (Wildman–Crippen LogP) is 3.18. The molecule has 0 aliphatic rings. The van der Waals surface area contributed by atoms with Gasteiger partial charge in [-0.05, 0) is 52.7 Å². The number of aromatic amines is 2. The number of fused-ring (bicyclic) bond motifs is 1. The van der Waals surface area contributed by atoms with Crippen LogP contribution >= 0.6 is 11.3 Å². The number of rotatable bonds is 5. The monoisotopic (exact) mass is 415 g/mol. The highest BCUT2D eigenvalue weighted by molar-refractivity contribution is 7.20. The van der Waals surface area contributed by atoms with Crippen LogP contribution in [0.15, 0.2) is 4.79 Å². The molecular formula is C20H21N3O5S. The molecule has 0 aliphatic carbocycles. The van der Waals surface area contributed by atoms with Crippen molar-refractivity contribution in [1.29, 1.82) is 0 Å². The molecule has 152 valence electrons. The van der Waals surface area contributed by atoms with Gasteiger partial charge in [-0.3, -0.25) is 14.4 Å². The van der Waals surface area contributed by atoms with Crippen molar-refractivity contribution in [3.05, 3.63) is 49.1 Å². The first-order chi connectivity index (χ1) is 13.5. The number of hydrogen-bond donors (Lipinski definition) is 2. The summed E-state index contributed by atoms with van der Waals surface area (Å²) in [6, 6.07) is 0. The second-order valence-electron chi connectivity index (χ2n) is 6.98. The van der Waals surface area contributed by atoms with Gasteiger partial charge in [0.05, 0.1) is 11.1 Å². The minimum absolute atomic E-state index is 0.145. The number of carbonyl (C=O) groups excluding carboxylic acids is 3. The van der Waals surface area contributed by atoms with E-state index in [0.717, 1.165) is 11.3 Å². The van der Waals surface area contributed by atoms with E-state index in [4.69, 9.17) is 4.74 Å². The van der Waals surface area contributed by atoms with Crippen LogP contribution in [0.3, 0.4) is 0 Å². The lowest BCUT2D eigenvalue weighted by molar-refractivity contribution is 0.0321. The Hall–Kier alpha value is -3.07. The van der Waals surface area contributed by atoms with E-state index >= 15 is 0 Å². The summed E-state index contributed by atoms with van der Waals surface area (Å²) in [5.74, 6) is -0.826. The van der Waals surface area contributed by atoms with Crippen LogP contribution < -0.4 is 5.56 Å². The van der Waals surface area contributed by atoms with Crippen LogP contribution in [-0.4, -0.2) is 38.6 Å². The number of nitrogens with zero attached hydrogens (tertiary/aromatic N) is 1. The molecule has 3 aromatic heterocycles. The van der Waals surface area contributed by atoms with E-state index < -0.39 is 17.9 Å². The van der Waals surface area contributed by atoms with Gasteiger partial charge in [0.15, 0.2) is 11.9 Å². The number of nitrogens with one attached hydrogen (secondary N) is 2. The Kier molecular flexibility index (Phi) is 5.27. The van der Waals surface area contributed by atoms with Crippen molar-refractivity contribution in [1.82, 2.24) is 15.0 Å². The minimum Gasteiger partial charge on any atom is -0.450 e. The van der Waals surface area contributed by atoms with Gasteiger partial charge in [-0.15, -0.1) is 11.3 Å². The molecule has 0 radical (unpaired) electrons. The number of ether oxygens (including phenoxy) is 1. The molecule has 3 aromatic rings. The standard InChI is InChI=1S/C20H21N3O5S/c1-7-13(10(4)24)9(3)21-15(7)16(25)11(5)28-20(27)17-8(2)14-18(26)22-12(6)23-19(14)29-17/h11,21H,1-6H3,(H,22,23,26)/t11-/m1/s1. The fourth-order valence-electron chi connectivity index (χ4n) is 3.44. The molecule has 0 bridgehead atoms. The van der Waals surface area contributed by atoms with Crippen molar-refractivity contribution >= 4 is 39.1 Å². The number of esters is 1. The van der Waals surface area contributed by atoms with Gasteiger partial charge in [0.2, 0.25) is 5.78 Å². The zero-order chi connectivity index (χ0) is 21.6. The predicted molar refractivity (Wildman–Crippen MR) is 109 cm³/mol. The van der Waals surface area contributed by atoms with Crippen molar-refractivity contribution < 1.29 is 19.1 Å². The van der Waals surface area contributed by atoms with Crippen LogP contribution in [0.4, 0.5) is 0 Å². The Morgan fingerprint density at radius 3 is 2.31 bits per heavy atom.